The van der Waals surface area contributed by atoms with Gasteiger partial charge in [0, 0.05) is 12.6 Å². The molecule has 0 spiro atoms. The van der Waals surface area contributed by atoms with Gasteiger partial charge in [0.05, 0.1) is 4.47 Å². The maximum absolute atomic E-state index is 13.5. The second kappa shape index (κ2) is 13.1. The SMILES string of the molecule is CCC(C(=O)NC1CCCCC1)N(Cc1cccc(C)c1)C(=O)COc1ccc(C(C)C)cc1Br. The summed E-state index contributed by atoms with van der Waals surface area (Å²) in [4.78, 5) is 28.5. The van der Waals surface area contributed by atoms with Crippen molar-refractivity contribution >= 4 is 27.7 Å². The summed E-state index contributed by atoms with van der Waals surface area (Å²) in [7, 11) is 0. The molecule has 1 fully saturated rings. The lowest BCUT2D eigenvalue weighted by Gasteiger charge is -2.32. The summed E-state index contributed by atoms with van der Waals surface area (Å²) in [6.45, 7) is 8.51. The molecule has 2 aromatic rings. The minimum atomic E-state index is -0.541. The molecule has 190 valence electrons. The van der Waals surface area contributed by atoms with Gasteiger partial charge in [-0.2, -0.15) is 0 Å². The molecule has 5 nitrogen and oxygen atoms in total. The lowest BCUT2D eigenvalue weighted by molar-refractivity contribution is -0.143. The number of hydrogen-bond donors (Lipinski definition) is 1. The molecular weight excluding hydrogens is 504 g/mol. The van der Waals surface area contributed by atoms with Crippen LogP contribution >= 0.6 is 15.9 Å². The van der Waals surface area contributed by atoms with Gasteiger partial charge in [-0.05, 0) is 71.3 Å². The number of hydrogen-bond acceptors (Lipinski definition) is 3. The van der Waals surface area contributed by atoms with E-state index in [1.807, 2.05) is 50.2 Å². The standard InChI is InChI=1S/C29H39BrN2O3/c1-5-26(29(34)31-24-12-7-6-8-13-24)32(18-22-11-9-10-21(4)16-22)28(33)19-35-27-15-14-23(20(2)3)17-25(27)30/h9-11,14-17,20,24,26H,5-8,12-13,18-19H2,1-4H3,(H,31,34). The van der Waals surface area contributed by atoms with Crippen molar-refractivity contribution in [1.29, 1.82) is 0 Å². The Hall–Kier alpha value is -2.34. The molecule has 0 aromatic heterocycles. The lowest BCUT2D eigenvalue weighted by Crippen LogP contribution is -2.52. The number of rotatable bonds is 10. The van der Waals surface area contributed by atoms with E-state index in [0.29, 0.717) is 24.6 Å². The first-order chi connectivity index (χ1) is 16.8. The smallest absolute Gasteiger partial charge is 0.261 e. The van der Waals surface area contributed by atoms with Gasteiger partial charge in [0.2, 0.25) is 5.91 Å². The van der Waals surface area contributed by atoms with Crippen LogP contribution in [-0.2, 0) is 16.1 Å². The molecule has 35 heavy (non-hydrogen) atoms. The van der Waals surface area contributed by atoms with Gasteiger partial charge in [0.25, 0.3) is 5.91 Å². The van der Waals surface area contributed by atoms with E-state index in [2.05, 4.69) is 41.2 Å². The Morgan fingerprint density at radius 1 is 1.11 bits per heavy atom. The number of aryl methyl sites for hydroxylation is 1. The number of carbonyl (C=O) groups excluding carboxylic acids is 2. The van der Waals surface area contributed by atoms with Gasteiger partial charge < -0.3 is 15.0 Å². The van der Waals surface area contributed by atoms with Gasteiger partial charge in [0.15, 0.2) is 6.61 Å². The van der Waals surface area contributed by atoms with Crippen molar-refractivity contribution in [2.75, 3.05) is 6.61 Å². The van der Waals surface area contributed by atoms with Gasteiger partial charge >= 0.3 is 0 Å². The predicted molar refractivity (Wildman–Crippen MR) is 145 cm³/mol. The molecule has 2 aromatic carbocycles. The van der Waals surface area contributed by atoms with Gasteiger partial charge in [0.1, 0.15) is 11.8 Å². The van der Waals surface area contributed by atoms with Crippen LogP contribution in [0.4, 0.5) is 0 Å². The van der Waals surface area contributed by atoms with Crippen LogP contribution in [0.2, 0.25) is 0 Å². The average Bonchev–Trinajstić information content (AvgIpc) is 2.83. The lowest BCUT2D eigenvalue weighted by atomic mass is 9.95. The molecule has 1 aliphatic rings. The number of halogens is 1. The van der Waals surface area contributed by atoms with Crippen LogP contribution in [0.15, 0.2) is 46.9 Å². The van der Waals surface area contributed by atoms with E-state index >= 15 is 0 Å². The summed E-state index contributed by atoms with van der Waals surface area (Å²) >= 11 is 3.57. The molecule has 6 heteroatoms. The van der Waals surface area contributed by atoms with E-state index in [1.165, 1.54) is 12.0 Å². The molecule has 1 N–H and O–H groups in total. The van der Waals surface area contributed by atoms with Gasteiger partial charge in [-0.1, -0.05) is 75.9 Å². The van der Waals surface area contributed by atoms with Crippen molar-refractivity contribution < 1.29 is 14.3 Å². The van der Waals surface area contributed by atoms with Crippen LogP contribution in [0.3, 0.4) is 0 Å². The largest absolute Gasteiger partial charge is 0.483 e. The number of nitrogens with zero attached hydrogens (tertiary/aromatic N) is 1. The molecule has 2 amide bonds. The van der Waals surface area contributed by atoms with Crippen LogP contribution in [0.5, 0.6) is 5.75 Å². The number of ether oxygens (including phenoxy) is 1. The quantitative estimate of drug-likeness (QED) is 0.372. The molecule has 0 heterocycles. The zero-order valence-electron chi connectivity index (χ0n) is 21.5. The summed E-state index contributed by atoms with van der Waals surface area (Å²) < 4.78 is 6.75. The van der Waals surface area contributed by atoms with E-state index in [1.54, 1.807) is 4.90 Å². The third kappa shape index (κ3) is 7.83. The van der Waals surface area contributed by atoms with Crippen molar-refractivity contribution in [2.24, 2.45) is 0 Å². The third-order valence-corrected chi connectivity index (χ3v) is 7.37. The Morgan fingerprint density at radius 3 is 2.49 bits per heavy atom. The highest BCUT2D eigenvalue weighted by molar-refractivity contribution is 9.10. The van der Waals surface area contributed by atoms with E-state index < -0.39 is 6.04 Å². The highest BCUT2D eigenvalue weighted by Crippen LogP contribution is 2.29. The number of benzene rings is 2. The zero-order valence-corrected chi connectivity index (χ0v) is 23.1. The molecule has 0 radical (unpaired) electrons. The average molecular weight is 544 g/mol. The Labute approximate surface area is 218 Å². The number of nitrogens with one attached hydrogen (secondary N) is 1. The third-order valence-electron chi connectivity index (χ3n) is 6.75. The van der Waals surface area contributed by atoms with Gasteiger partial charge in [-0.15, -0.1) is 0 Å². The van der Waals surface area contributed by atoms with Crippen molar-refractivity contribution in [3.63, 3.8) is 0 Å². The van der Waals surface area contributed by atoms with Crippen LogP contribution in [0.25, 0.3) is 0 Å². The van der Waals surface area contributed by atoms with Crippen LogP contribution in [0, 0.1) is 6.92 Å². The minimum absolute atomic E-state index is 0.0668. The van der Waals surface area contributed by atoms with Crippen molar-refractivity contribution in [1.82, 2.24) is 10.2 Å². The Morgan fingerprint density at radius 2 is 1.86 bits per heavy atom. The van der Waals surface area contributed by atoms with Gasteiger partial charge in [-0.25, -0.2) is 0 Å². The summed E-state index contributed by atoms with van der Waals surface area (Å²) in [5, 5.41) is 3.22. The van der Waals surface area contributed by atoms with E-state index in [-0.39, 0.29) is 24.5 Å². The summed E-state index contributed by atoms with van der Waals surface area (Å²) in [5.41, 5.74) is 3.33. The molecule has 1 atom stereocenters. The highest BCUT2D eigenvalue weighted by atomic mass is 79.9. The molecular formula is C29H39BrN2O3. The molecule has 1 unspecified atom stereocenters. The number of amides is 2. The first kappa shape index (κ1) is 27.3. The Bertz CT molecular complexity index is 1000. The monoisotopic (exact) mass is 542 g/mol. The fourth-order valence-electron chi connectivity index (χ4n) is 4.69. The first-order valence-electron chi connectivity index (χ1n) is 12.9. The summed E-state index contributed by atoms with van der Waals surface area (Å²) in [5.74, 6) is 0.762. The maximum atomic E-state index is 13.5. The fourth-order valence-corrected chi connectivity index (χ4v) is 5.20. The van der Waals surface area contributed by atoms with Crippen LogP contribution in [0.1, 0.15) is 81.9 Å². The molecule has 0 aliphatic heterocycles. The van der Waals surface area contributed by atoms with Crippen LogP contribution < -0.4 is 10.1 Å². The second-order valence-corrected chi connectivity index (χ2v) is 10.8. The van der Waals surface area contributed by atoms with E-state index in [4.69, 9.17) is 4.74 Å². The predicted octanol–water partition coefficient (Wildman–Crippen LogP) is 6.52. The van der Waals surface area contributed by atoms with Crippen LogP contribution in [-0.4, -0.2) is 35.4 Å². The normalized spacial score (nSPS) is 15.0. The topological polar surface area (TPSA) is 58.6 Å². The Kier molecular flexibility index (Phi) is 10.2. The molecule has 1 saturated carbocycles. The minimum Gasteiger partial charge on any atom is -0.483 e. The van der Waals surface area contributed by atoms with Gasteiger partial charge in [-0.3, -0.25) is 9.59 Å². The zero-order chi connectivity index (χ0) is 25.4. The summed E-state index contributed by atoms with van der Waals surface area (Å²) in [6.07, 6.45) is 6.09. The molecule has 0 saturated heterocycles. The summed E-state index contributed by atoms with van der Waals surface area (Å²) in [6, 6.07) is 13.7. The fraction of sp³-hybridized carbons (Fsp3) is 0.517. The number of carbonyl (C=O) groups is 2. The van der Waals surface area contributed by atoms with Crippen molar-refractivity contribution in [3.05, 3.63) is 63.6 Å². The Balaban J connectivity index is 1.77. The van der Waals surface area contributed by atoms with E-state index in [9.17, 15) is 9.59 Å². The van der Waals surface area contributed by atoms with Crippen molar-refractivity contribution in [3.8, 4) is 5.75 Å². The molecule has 0 bridgehead atoms. The maximum Gasteiger partial charge on any atom is 0.261 e. The van der Waals surface area contributed by atoms with Crippen molar-refractivity contribution in [2.45, 2.75) is 90.8 Å². The molecule has 1 aliphatic carbocycles. The van der Waals surface area contributed by atoms with E-state index in [0.717, 1.165) is 41.3 Å². The molecule has 3 rings (SSSR count). The second-order valence-electron chi connectivity index (χ2n) is 9.91. The highest BCUT2D eigenvalue weighted by Gasteiger charge is 2.30. The first-order valence-corrected chi connectivity index (χ1v) is 13.7.